The van der Waals surface area contributed by atoms with Crippen LogP contribution in [0.2, 0.25) is 0 Å². The third-order valence-electron chi connectivity index (χ3n) is 5.55. The molecule has 0 atom stereocenters. The van der Waals surface area contributed by atoms with Crippen LogP contribution in [0.25, 0.3) is 16.9 Å². The number of hydrazone groups is 1. The average molecular weight is 497 g/mol. The van der Waals surface area contributed by atoms with E-state index in [0.717, 1.165) is 22.6 Å². The van der Waals surface area contributed by atoms with Gasteiger partial charge in [-0.1, -0.05) is 30.3 Å². The molecule has 1 heterocycles. The van der Waals surface area contributed by atoms with Crippen LogP contribution in [0.3, 0.4) is 0 Å². The minimum Gasteiger partial charge on any atom is -0.490 e. The zero-order valence-corrected chi connectivity index (χ0v) is 20.7. The summed E-state index contributed by atoms with van der Waals surface area (Å²) in [6.07, 6.45) is 1.50. The molecule has 3 aromatic carbocycles. The summed E-state index contributed by atoms with van der Waals surface area (Å²) in [4.78, 5) is 23.6. The van der Waals surface area contributed by atoms with Crippen molar-refractivity contribution in [2.75, 3.05) is 13.2 Å². The summed E-state index contributed by atoms with van der Waals surface area (Å²) in [5, 5.41) is 4.06. The molecule has 1 aromatic heterocycles. The fourth-order valence-corrected chi connectivity index (χ4v) is 3.85. The smallest absolute Gasteiger partial charge is 0.271 e. The number of hydrogen-bond acceptors (Lipinski definition) is 5. The molecule has 0 fully saturated rings. The number of carbonyl (C=O) groups excluding carboxylic acids is 2. The largest absolute Gasteiger partial charge is 0.490 e. The van der Waals surface area contributed by atoms with E-state index in [2.05, 4.69) is 46.3 Å². The number of aryl methyl sites for hydroxylation is 1. The zero-order chi connectivity index (χ0) is 26.2. The van der Waals surface area contributed by atoms with Crippen molar-refractivity contribution >= 4 is 18.0 Å². The highest BCUT2D eigenvalue weighted by molar-refractivity contribution is 5.95. The molecular formula is C29H28N4O4. The Morgan fingerprint density at radius 1 is 0.946 bits per heavy atom. The van der Waals surface area contributed by atoms with Crippen LogP contribution in [0.15, 0.2) is 90.0 Å². The fourth-order valence-electron chi connectivity index (χ4n) is 3.85. The molecule has 0 aliphatic heterocycles. The fraction of sp³-hybridized carbons (Fsp3) is 0.138. The standard InChI is InChI=1S/C29H28N4O4/c1-3-36-27-17-21(10-16-26(27)37-19-28(30)34)18-31-32-29(35)23-11-13-24(14-12-23)33-20(2)9-15-25(33)22-7-5-4-6-8-22/h4-18H,3,19H2,1-2H3,(H2,30,34)(H,32,35)/b31-18+. The highest BCUT2D eigenvalue weighted by Crippen LogP contribution is 2.28. The van der Waals surface area contributed by atoms with E-state index in [1.165, 1.54) is 6.21 Å². The lowest BCUT2D eigenvalue weighted by atomic mass is 10.1. The number of nitrogens with zero attached hydrogens (tertiary/aromatic N) is 2. The van der Waals surface area contributed by atoms with Crippen molar-refractivity contribution in [3.8, 4) is 28.4 Å². The number of hydrogen-bond donors (Lipinski definition) is 2. The van der Waals surface area contributed by atoms with Crippen LogP contribution in [0, 0.1) is 6.92 Å². The Balaban J connectivity index is 1.44. The second-order valence-corrected chi connectivity index (χ2v) is 8.20. The normalized spacial score (nSPS) is 10.9. The lowest BCUT2D eigenvalue weighted by molar-refractivity contribution is -0.119. The predicted octanol–water partition coefficient (Wildman–Crippen LogP) is 4.48. The number of carbonyl (C=O) groups is 2. The first-order valence-corrected chi connectivity index (χ1v) is 11.8. The topological polar surface area (TPSA) is 108 Å². The van der Waals surface area contributed by atoms with Crippen LogP contribution in [-0.4, -0.2) is 35.8 Å². The highest BCUT2D eigenvalue weighted by atomic mass is 16.5. The Morgan fingerprint density at radius 3 is 2.41 bits per heavy atom. The van der Waals surface area contributed by atoms with Gasteiger partial charge in [0.1, 0.15) is 0 Å². The van der Waals surface area contributed by atoms with E-state index in [1.807, 2.05) is 37.3 Å². The minimum atomic E-state index is -0.580. The number of aromatic nitrogens is 1. The van der Waals surface area contributed by atoms with E-state index >= 15 is 0 Å². The van der Waals surface area contributed by atoms with Crippen LogP contribution in [0.5, 0.6) is 11.5 Å². The van der Waals surface area contributed by atoms with Crippen LogP contribution in [0.1, 0.15) is 28.5 Å². The maximum absolute atomic E-state index is 12.6. The Morgan fingerprint density at radius 2 is 1.70 bits per heavy atom. The molecule has 8 nitrogen and oxygen atoms in total. The summed E-state index contributed by atoms with van der Waals surface area (Å²) in [7, 11) is 0. The van der Waals surface area contributed by atoms with Crippen LogP contribution in [-0.2, 0) is 4.79 Å². The zero-order valence-electron chi connectivity index (χ0n) is 20.7. The van der Waals surface area contributed by atoms with Gasteiger partial charge < -0.3 is 19.8 Å². The van der Waals surface area contributed by atoms with Gasteiger partial charge in [0.05, 0.1) is 18.5 Å². The Hall–Kier alpha value is -4.85. The minimum absolute atomic E-state index is 0.250. The van der Waals surface area contributed by atoms with E-state index in [4.69, 9.17) is 15.2 Å². The number of nitrogens with one attached hydrogen (secondary N) is 1. The van der Waals surface area contributed by atoms with E-state index in [9.17, 15) is 9.59 Å². The second kappa shape index (κ2) is 11.7. The van der Waals surface area contributed by atoms with Crippen LogP contribution in [0.4, 0.5) is 0 Å². The molecule has 0 saturated heterocycles. The number of primary amides is 1. The maximum atomic E-state index is 12.6. The monoisotopic (exact) mass is 496 g/mol. The van der Waals surface area contributed by atoms with Crippen molar-refractivity contribution < 1.29 is 19.1 Å². The molecule has 0 radical (unpaired) electrons. The van der Waals surface area contributed by atoms with Crippen molar-refractivity contribution in [1.29, 1.82) is 0 Å². The van der Waals surface area contributed by atoms with Gasteiger partial charge in [-0.15, -0.1) is 0 Å². The highest BCUT2D eigenvalue weighted by Gasteiger charge is 2.11. The van der Waals surface area contributed by atoms with Gasteiger partial charge in [-0.25, -0.2) is 5.43 Å². The quantitative estimate of drug-likeness (QED) is 0.249. The Kier molecular flexibility index (Phi) is 8.00. The Labute approximate surface area is 215 Å². The van der Waals surface area contributed by atoms with E-state index in [-0.39, 0.29) is 12.5 Å². The molecule has 4 aromatic rings. The number of benzene rings is 3. The third-order valence-corrected chi connectivity index (χ3v) is 5.55. The molecule has 0 bridgehead atoms. The van der Waals surface area contributed by atoms with Crippen molar-refractivity contribution in [3.63, 3.8) is 0 Å². The van der Waals surface area contributed by atoms with Gasteiger partial charge in [0.15, 0.2) is 18.1 Å². The summed E-state index contributed by atoms with van der Waals surface area (Å²) in [6, 6.07) is 26.8. The lowest BCUT2D eigenvalue weighted by Gasteiger charge is -2.13. The van der Waals surface area contributed by atoms with Gasteiger partial charge in [-0.05, 0) is 79.6 Å². The molecule has 0 unspecified atom stereocenters. The predicted molar refractivity (Wildman–Crippen MR) is 143 cm³/mol. The van der Waals surface area contributed by atoms with Gasteiger partial charge in [-0.3, -0.25) is 9.59 Å². The first-order valence-electron chi connectivity index (χ1n) is 11.8. The van der Waals surface area contributed by atoms with Crippen LogP contribution >= 0.6 is 0 Å². The Bertz CT molecular complexity index is 1410. The van der Waals surface area contributed by atoms with Crippen molar-refractivity contribution in [2.45, 2.75) is 13.8 Å². The first-order chi connectivity index (χ1) is 18.0. The lowest BCUT2D eigenvalue weighted by Crippen LogP contribution is -2.20. The molecule has 3 N–H and O–H groups in total. The number of rotatable bonds is 10. The summed E-state index contributed by atoms with van der Waals surface area (Å²) in [5.41, 5.74) is 13.1. The molecule has 37 heavy (non-hydrogen) atoms. The molecule has 2 amide bonds. The van der Waals surface area contributed by atoms with E-state index in [0.29, 0.717) is 29.2 Å². The van der Waals surface area contributed by atoms with E-state index in [1.54, 1.807) is 30.3 Å². The molecular weight excluding hydrogens is 468 g/mol. The maximum Gasteiger partial charge on any atom is 0.271 e. The number of amides is 2. The molecule has 8 heteroatoms. The average Bonchev–Trinajstić information content (AvgIpc) is 3.30. The van der Waals surface area contributed by atoms with Crippen molar-refractivity contribution in [1.82, 2.24) is 9.99 Å². The van der Waals surface area contributed by atoms with Gasteiger partial charge >= 0.3 is 0 Å². The molecule has 4 rings (SSSR count). The molecule has 0 spiro atoms. The van der Waals surface area contributed by atoms with Gasteiger partial charge in [-0.2, -0.15) is 5.10 Å². The first kappa shape index (κ1) is 25.2. The molecule has 0 aliphatic rings. The van der Waals surface area contributed by atoms with E-state index < -0.39 is 5.91 Å². The summed E-state index contributed by atoms with van der Waals surface area (Å²) in [5.74, 6) is -0.0641. The molecule has 0 saturated carbocycles. The SMILES string of the molecule is CCOc1cc(/C=N/NC(=O)c2ccc(-n3c(C)ccc3-c3ccccc3)cc2)ccc1OCC(N)=O. The molecule has 0 aliphatic carbocycles. The third kappa shape index (κ3) is 6.24. The van der Waals surface area contributed by atoms with Crippen molar-refractivity contribution in [3.05, 3.63) is 102 Å². The van der Waals surface area contributed by atoms with Crippen molar-refractivity contribution in [2.24, 2.45) is 10.8 Å². The van der Waals surface area contributed by atoms with Gasteiger partial charge in [0.2, 0.25) is 0 Å². The van der Waals surface area contributed by atoms with Gasteiger partial charge in [0, 0.05) is 16.9 Å². The summed E-state index contributed by atoms with van der Waals surface area (Å²) >= 11 is 0. The van der Waals surface area contributed by atoms with Gasteiger partial charge in [0.25, 0.3) is 11.8 Å². The number of ether oxygens (including phenoxy) is 2. The number of nitrogens with two attached hydrogens (primary N) is 1. The summed E-state index contributed by atoms with van der Waals surface area (Å²) < 4.78 is 13.1. The second-order valence-electron chi connectivity index (χ2n) is 8.20. The van der Waals surface area contributed by atoms with Crippen LogP contribution < -0.4 is 20.6 Å². The summed E-state index contributed by atoms with van der Waals surface area (Å²) in [6.45, 7) is 4.05. The molecule has 188 valence electrons.